The van der Waals surface area contributed by atoms with Gasteiger partial charge in [-0.2, -0.15) is 0 Å². The average molecular weight is 303 g/mol. The summed E-state index contributed by atoms with van der Waals surface area (Å²) in [7, 11) is 2.96. The number of benzene rings is 2. The van der Waals surface area contributed by atoms with Crippen LogP contribution in [-0.2, 0) is 9.53 Å². The number of hydrogen-bond donors (Lipinski definition) is 0. The smallest absolute Gasteiger partial charge is 0.331 e. The number of carbonyl (C=O) groups is 1. The highest BCUT2D eigenvalue weighted by molar-refractivity contribution is 6.30. The van der Waals surface area contributed by atoms with Crippen molar-refractivity contribution in [1.29, 1.82) is 0 Å². The number of rotatable bonds is 4. The first kappa shape index (κ1) is 15.1. The molecule has 0 aliphatic heterocycles. The SMILES string of the molecule is COC(=O)/C=C(\c1ccc(Cl)cc1)c1ccc(OC)cc1. The van der Waals surface area contributed by atoms with Gasteiger partial charge in [-0.15, -0.1) is 0 Å². The van der Waals surface area contributed by atoms with Crippen LogP contribution < -0.4 is 4.74 Å². The topological polar surface area (TPSA) is 35.5 Å². The minimum Gasteiger partial charge on any atom is -0.497 e. The molecule has 2 rings (SSSR count). The van der Waals surface area contributed by atoms with E-state index in [2.05, 4.69) is 0 Å². The fourth-order valence-corrected chi connectivity index (χ4v) is 2.04. The summed E-state index contributed by atoms with van der Waals surface area (Å²) in [6, 6.07) is 14.8. The van der Waals surface area contributed by atoms with Gasteiger partial charge in [0.2, 0.25) is 0 Å². The quantitative estimate of drug-likeness (QED) is 0.633. The maximum atomic E-state index is 11.6. The van der Waals surface area contributed by atoms with E-state index in [1.54, 1.807) is 19.2 Å². The van der Waals surface area contributed by atoms with Gasteiger partial charge >= 0.3 is 5.97 Å². The lowest BCUT2D eigenvalue weighted by Crippen LogP contribution is -1.98. The number of halogens is 1. The van der Waals surface area contributed by atoms with E-state index in [0.29, 0.717) is 5.02 Å². The van der Waals surface area contributed by atoms with Crippen LogP contribution in [0.2, 0.25) is 5.02 Å². The number of ether oxygens (including phenoxy) is 2. The second kappa shape index (κ2) is 6.95. The molecule has 0 heterocycles. The van der Waals surface area contributed by atoms with Gasteiger partial charge in [0.1, 0.15) is 5.75 Å². The molecule has 0 saturated carbocycles. The minimum atomic E-state index is -0.407. The fraction of sp³-hybridized carbons (Fsp3) is 0.118. The molecule has 0 aliphatic rings. The van der Waals surface area contributed by atoms with Crippen LogP contribution in [0, 0.1) is 0 Å². The van der Waals surface area contributed by atoms with Crippen LogP contribution in [0.15, 0.2) is 54.6 Å². The molecule has 108 valence electrons. The molecule has 0 unspecified atom stereocenters. The molecule has 0 saturated heterocycles. The lowest BCUT2D eigenvalue weighted by molar-refractivity contribution is -0.134. The van der Waals surface area contributed by atoms with Crippen molar-refractivity contribution >= 4 is 23.1 Å². The Balaban J connectivity index is 2.47. The molecule has 21 heavy (non-hydrogen) atoms. The number of esters is 1. The van der Waals surface area contributed by atoms with Crippen molar-refractivity contribution in [3.8, 4) is 5.75 Å². The van der Waals surface area contributed by atoms with E-state index in [0.717, 1.165) is 22.4 Å². The molecular formula is C17H15ClO3. The van der Waals surface area contributed by atoms with Crippen molar-refractivity contribution in [1.82, 2.24) is 0 Å². The Labute approximate surface area is 128 Å². The van der Waals surface area contributed by atoms with Gasteiger partial charge in [0.25, 0.3) is 0 Å². The van der Waals surface area contributed by atoms with Crippen LogP contribution >= 0.6 is 11.6 Å². The highest BCUT2D eigenvalue weighted by atomic mass is 35.5. The van der Waals surface area contributed by atoms with Crippen molar-refractivity contribution in [2.24, 2.45) is 0 Å². The minimum absolute atomic E-state index is 0.407. The normalized spacial score (nSPS) is 11.1. The maximum Gasteiger partial charge on any atom is 0.331 e. The van der Waals surface area contributed by atoms with E-state index < -0.39 is 5.97 Å². The van der Waals surface area contributed by atoms with Crippen LogP contribution in [0.5, 0.6) is 5.75 Å². The molecule has 0 spiro atoms. The van der Waals surface area contributed by atoms with Crippen LogP contribution in [0.25, 0.3) is 5.57 Å². The Morgan fingerprint density at radius 3 is 1.95 bits per heavy atom. The molecule has 4 heteroatoms. The third kappa shape index (κ3) is 3.86. The summed E-state index contributed by atoms with van der Waals surface area (Å²) in [5, 5.41) is 0.644. The highest BCUT2D eigenvalue weighted by Gasteiger charge is 2.08. The van der Waals surface area contributed by atoms with E-state index in [9.17, 15) is 4.79 Å². The van der Waals surface area contributed by atoms with Crippen LogP contribution in [0.3, 0.4) is 0 Å². The van der Waals surface area contributed by atoms with Gasteiger partial charge in [-0.3, -0.25) is 0 Å². The fourth-order valence-electron chi connectivity index (χ4n) is 1.91. The van der Waals surface area contributed by atoms with Gasteiger partial charge in [0.15, 0.2) is 0 Å². The first-order valence-corrected chi connectivity index (χ1v) is 6.72. The summed E-state index contributed by atoms with van der Waals surface area (Å²) in [5.41, 5.74) is 2.54. The Kier molecular flexibility index (Phi) is 5.01. The zero-order valence-corrected chi connectivity index (χ0v) is 12.6. The zero-order chi connectivity index (χ0) is 15.2. The Morgan fingerprint density at radius 2 is 1.48 bits per heavy atom. The summed E-state index contributed by atoms with van der Waals surface area (Å²) in [6.07, 6.45) is 1.46. The Hall–Kier alpha value is -2.26. The molecule has 0 N–H and O–H groups in total. The van der Waals surface area contributed by atoms with Gasteiger partial charge < -0.3 is 9.47 Å². The maximum absolute atomic E-state index is 11.6. The molecule has 0 atom stereocenters. The molecule has 0 aromatic heterocycles. The van der Waals surface area contributed by atoms with Gasteiger partial charge in [0, 0.05) is 11.1 Å². The molecule has 2 aromatic carbocycles. The van der Waals surface area contributed by atoms with Crippen molar-refractivity contribution < 1.29 is 14.3 Å². The first-order valence-electron chi connectivity index (χ1n) is 6.34. The molecular weight excluding hydrogens is 288 g/mol. The number of hydrogen-bond acceptors (Lipinski definition) is 3. The molecule has 2 aromatic rings. The second-order valence-corrected chi connectivity index (χ2v) is 4.75. The van der Waals surface area contributed by atoms with Gasteiger partial charge in [0.05, 0.1) is 14.2 Å². The van der Waals surface area contributed by atoms with E-state index >= 15 is 0 Å². The monoisotopic (exact) mass is 302 g/mol. The summed E-state index contributed by atoms with van der Waals surface area (Å²) >= 11 is 5.91. The predicted molar refractivity (Wildman–Crippen MR) is 83.5 cm³/mol. The molecule has 0 amide bonds. The average Bonchev–Trinajstić information content (AvgIpc) is 2.53. The van der Waals surface area contributed by atoms with Crippen LogP contribution in [-0.4, -0.2) is 20.2 Å². The lowest BCUT2D eigenvalue weighted by Gasteiger charge is -2.09. The van der Waals surface area contributed by atoms with Crippen molar-refractivity contribution in [3.05, 3.63) is 70.8 Å². The number of carbonyl (C=O) groups excluding carboxylic acids is 1. The Morgan fingerprint density at radius 1 is 0.952 bits per heavy atom. The summed E-state index contributed by atoms with van der Waals surface area (Å²) in [4.78, 5) is 11.6. The summed E-state index contributed by atoms with van der Waals surface area (Å²) in [5.74, 6) is 0.350. The summed E-state index contributed by atoms with van der Waals surface area (Å²) in [6.45, 7) is 0. The third-order valence-corrected chi connectivity index (χ3v) is 3.27. The Bertz CT molecular complexity index is 643. The molecule has 0 bridgehead atoms. The largest absolute Gasteiger partial charge is 0.497 e. The predicted octanol–water partition coefficient (Wildman–Crippen LogP) is 3.95. The zero-order valence-electron chi connectivity index (χ0n) is 11.8. The van der Waals surface area contributed by atoms with Gasteiger partial charge in [-0.05, 0) is 41.0 Å². The van der Waals surface area contributed by atoms with Crippen molar-refractivity contribution in [2.75, 3.05) is 14.2 Å². The summed E-state index contributed by atoms with van der Waals surface area (Å²) < 4.78 is 9.87. The first-order chi connectivity index (χ1) is 10.1. The highest BCUT2D eigenvalue weighted by Crippen LogP contribution is 2.26. The van der Waals surface area contributed by atoms with E-state index in [1.807, 2.05) is 36.4 Å². The van der Waals surface area contributed by atoms with Crippen LogP contribution in [0.1, 0.15) is 11.1 Å². The van der Waals surface area contributed by atoms with Crippen molar-refractivity contribution in [3.63, 3.8) is 0 Å². The molecule has 0 radical (unpaired) electrons. The van der Waals surface area contributed by atoms with E-state index in [1.165, 1.54) is 13.2 Å². The lowest BCUT2D eigenvalue weighted by atomic mass is 9.97. The van der Waals surface area contributed by atoms with E-state index in [-0.39, 0.29) is 0 Å². The van der Waals surface area contributed by atoms with Crippen LogP contribution in [0.4, 0.5) is 0 Å². The second-order valence-electron chi connectivity index (χ2n) is 4.32. The van der Waals surface area contributed by atoms with Crippen molar-refractivity contribution in [2.45, 2.75) is 0 Å². The van der Waals surface area contributed by atoms with E-state index in [4.69, 9.17) is 21.1 Å². The third-order valence-electron chi connectivity index (χ3n) is 3.02. The van der Waals surface area contributed by atoms with Gasteiger partial charge in [-0.1, -0.05) is 35.9 Å². The molecule has 3 nitrogen and oxygen atoms in total. The molecule has 0 aliphatic carbocycles. The number of methoxy groups -OCH3 is 2. The molecule has 0 fully saturated rings. The standard InChI is InChI=1S/C17H15ClO3/c1-20-15-9-5-13(6-10-15)16(11-17(19)21-2)12-3-7-14(18)8-4-12/h3-11H,1-2H3/b16-11+. The van der Waals surface area contributed by atoms with Gasteiger partial charge in [-0.25, -0.2) is 4.79 Å².